The molecule has 0 bridgehead atoms. The number of aromatic nitrogens is 1. The first-order valence-corrected chi connectivity index (χ1v) is 6.07. The molecule has 2 rings (SSSR count). The fourth-order valence-corrected chi connectivity index (χ4v) is 2.13. The Morgan fingerprint density at radius 2 is 2.17 bits per heavy atom. The number of amides is 1. The van der Waals surface area contributed by atoms with E-state index in [4.69, 9.17) is 5.26 Å². The van der Waals surface area contributed by atoms with Crippen LogP contribution in [0.3, 0.4) is 0 Å². The topological polar surface area (TPSA) is 60.2 Å². The normalized spacial score (nSPS) is 16.0. The highest BCUT2D eigenvalue weighted by Gasteiger charge is 2.16. The van der Waals surface area contributed by atoms with Gasteiger partial charge in [-0.15, -0.1) is 0 Å². The minimum Gasteiger partial charge on any atom is -0.368 e. The Morgan fingerprint density at radius 1 is 1.33 bits per heavy atom. The molecule has 0 atom stereocenters. The number of rotatable bonds is 1. The Morgan fingerprint density at radius 3 is 2.78 bits per heavy atom. The lowest BCUT2D eigenvalue weighted by Crippen LogP contribution is -2.33. The zero-order chi connectivity index (χ0) is 13.0. The van der Waals surface area contributed by atoms with Crippen molar-refractivity contribution in [3.05, 3.63) is 24.0 Å². The standard InChI is InChI=1S/C13H16N4O/c1-11(18)16-5-2-6-17(8-7-16)13-4-3-12(9-14)15-10-13/h3-4,10H,2,5-8H2,1H3. The Labute approximate surface area is 107 Å². The number of nitrogens with zero attached hydrogens (tertiary/aromatic N) is 4. The molecule has 0 N–H and O–H groups in total. The van der Waals surface area contributed by atoms with E-state index in [1.807, 2.05) is 17.0 Å². The van der Waals surface area contributed by atoms with Crippen LogP contribution < -0.4 is 4.90 Å². The molecule has 1 aromatic heterocycles. The molecule has 0 saturated carbocycles. The summed E-state index contributed by atoms with van der Waals surface area (Å²) < 4.78 is 0. The van der Waals surface area contributed by atoms with Crippen LogP contribution in [0.15, 0.2) is 18.3 Å². The lowest BCUT2D eigenvalue weighted by Gasteiger charge is -2.22. The van der Waals surface area contributed by atoms with E-state index < -0.39 is 0 Å². The van der Waals surface area contributed by atoms with Crippen LogP contribution in [0.25, 0.3) is 0 Å². The Balaban J connectivity index is 2.05. The van der Waals surface area contributed by atoms with Crippen molar-refractivity contribution in [2.75, 3.05) is 31.1 Å². The molecule has 0 unspecified atom stereocenters. The minimum absolute atomic E-state index is 0.134. The highest BCUT2D eigenvalue weighted by atomic mass is 16.2. The SMILES string of the molecule is CC(=O)N1CCCN(c2ccc(C#N)nc2)CC1. The summed E-state index contributed by atoms with van der Waals surface area (Å²) in [6, 6.07) is 5.65. The van der Waals surface area contributed by atoms with Crippen molar-refractivity contribution < 1.29 is 4.79 Å². The molecule has 5 heteroatoms. The van der Waals surface area contributed by atoms with E-state index in [-0.39, 0.29) is 5.91 Å². The van der Waals surface area contributed by atoms with E-state index in [1.165, 1.54) is 0 Å². The second kappa shape index (κ2) is 5.50. The van der Waals surface area contributed by atoms with Gasteiger partial charge in [-0.25, -0.2) is 4.98 Å². The van der Waals surface area contributed by atoms with Gasteiger partial charge in [-0.3, -0.25) is 4.79 Å². The molecule has 1 aromatic rings. The van der Waals surface area contributed by atoms with Gasteiger partial charge in [0.2, 0.25) is 5.91 Å². The van der Waals surface area contributed by atoms with Crippen LogP contribution >= 0.6 is 0 Å². The predicted molar refractivity (Wildman–Crippen MR) is 68.0 cm³/mol. The van der Waals surface area contributed by atoms with Crippen LogP contribution in [0.5, 0.6) is 0 Å². The molecule has 94 valence electrons. The van der Waals surface area contributed by atoms with Gasteiger partial charge in [0, 0.05) is 33.1 Å². The highest BCUT2D eigenvalue weighted by molar-refractivity contribution is 5.73. The Kier molecular flexibility index (Phi) is 3.78. The number of pyridine rings is 1. The largest absolute Gasteiger partial charge is 0.368 e. The van der Waals surface area contributed by atoms with Crippen molar-refractivity contribution in [2.45, 2.75) is 13.3 Å². The van der Waals surface area contributed by atoms with Gasteiger partial charge in [0.25, 0.3) is 0 Å². The molecule has 2 heterocycles. The molecule has 0 radical (unpaired) electrons. The number of hydrogen-bond donors (Lipinski definition) is 0. The van der Waals surface area contributed by atoms with E-state index >= 15 is 0 Å². The number of hydrogen-bond acceptors (Lipinski definition) is 4. The highest BCUT2D eigenvalue weighted by Crippen LogP contribution is 2.15. The Bertz CT molecular complexity index is 463. The van der Waals surface area contributed by atoms with Crippen LogP contribution in [-0.2, 0) is 4.79 Å². The summed E-state index contributed by atoms with van der Waals surface area (Å²) in [5.41, 5.74) is 1.44. The van der Waals surface area contributed by atoms with Gasteiger partial charge in [0.05, 0.1) is 11.9 Å². The molecule has 1 saturated heterocycles. The maximum absolute atomic E-state index is 11.3. The molecule has 0 aliphatic carbocycles. The van der Waals surface area contributed by atoms with Crippen LogP contribution in [0.2, 0.25) is 0 Å². The quantitative estimate of drug-likeness (QED) is 0.739. The van der Waals surface area contributed by atoms with Crippen molar-refractivity contribution in [2.24, 2.45) is 0 Å². The maximum atomic E-state index is 11.3. The van der Waals surface area contributed by atoms with Crippen molar-refractivity contribution in [1.29, 1.82) is 5.26 Å². The smallest absolute Gasteiger partial charge is 0.219 e. The summed E-state index contributed by atoms with van der Waals surface area (Å²) in [6.07, 6.45) is 2.68. The predicted octanol–water partition coefficient (Wildman–Crippen LogP) is 1.01. The molecule has 5 nitrogen and oxygen atoms in total. The summed E-state index contributed by atoms with van der Waals surface area (Å²) >= 11 is 0. The van der Waals surface area contributed by atoms with Gasteiger partial charge >= 0.3 is 0 Å². The van der Waals surface area contributed by atoms with E-state index in [0.29, 0.717) is 5.69 Å². The third-order valence-electron chi connectivity index (χ3n) is 3.17. The van der Waals surface area contributed by atoms with Crippen molar-refractivity contribution in [1.82, 2.24) is 9.88 Å². The first-order valence-electron chi connectivity index (χ1n) is 6.07. The number of nitriles is 1. The number of carbonyl (C=O) groups is 1. The zero-order valence-electron chi connectivity index (χ0n) is 10.5. The van der Waals surface area contributed by atoms with Crippen LogP contribution in [0.4, 0.5) is 5.69 Å². The van der Waals surface area contributed by atoms with E-state index in [2.05, 4.69) is 9.88 Å². The lowest BCUT2D eigenvalue weighted by atomic mass is 10.3. The van der Waals surface area contributed by atoms with Gasteiger partial charge < -0.3 is 9.80 Å². The first-order chi connectivity index (χ1) is 8.70. The number of anilines is 1. The molecule has 0 spiro atoms. The summed E-state index contributed by atoms with van der Waals surface area (Å²) in [5.74, 6) is 0.134. The van der Waals surface area contributed by atoms with Crippen LogP contribution in [0.1, 0.15) is 19.0 Å². The summed E-state index contributed by atoms with van der Waals surface area (Å²) in [6.45, 7) is 4.90. The van der Waals surface area contributed by atoms with E-state index in [0.717, 1.165) is 38.3 Å². The average molecular weight is 244 g/mol. The van der Waals surface area contributed by atoms with Crippen molar-refractivity contribution in [3.8, 4) is 6.07 Å². The fraction of sp³-hybridized carbons (Fsp3) is 0.462. The van der Waals surface area contributed by atoms with Gasteiger partial charge in [0.1, 0.15) is 11.8 Å². The second-order valence-electron chi connectivity index (χ2n) is 4.36. The third-order valence-corrected chi connectivity index (χ3v) is 3.17. The molecular formula is C13H16N4O. The van der Waals surface area contributed by atoms with Gasteiger partial charge in [0.15, 0.2) is 0 Å². The van der Waals surface area contributed by atoms with Crippen molar-refractivity contribution >= 4 is 11.6 Å². The molecular weight excluding hydrogens is 228 g/mol. The number of carbonyl (C=O) groups excluding carboxylic acids is 1. The fourth-order valence-electron chi connectivity index (χ4n) is 2.13. The lowest BCUT2D eigenvalue weighted by molar-refractivity contribution is -0.128. The van der Waals surface area contributed by atoms with Crippen LogP contribution in [0, 0.1) is 11.3 Å². The van der Waals surface area contributed by atoms with E-state index in [9.17, 15) is 4.79 Å². The van der Waals surface area contributed by atoms with E-state index in [1.54, 1.807) is 19.2 Å². The molecule has 0 aromatic carbocycles. The zero-order valence-corrected chi connectivity index (χ0v) is 10.5. The first kappa shape index (κ1) is 12.4. The molecule has 1 aliphatic heterocycles. The van der Waals surface area contributed by atoms with Gasteiger partial charge in [-0.2, -0.15) is 5.26 Å². The third kappa shape index (κ3) is 2.77. The molecule has 1 amide bonds. The molecule has 1 aliphatic rings. The summed E-state index contributed by atoms with van der Waals surface area (Å²) in [4.78, 5) is 19.5. The maximum Gasteiger partial charge on any atom is 0.219 e. The average Bonchev–Trinajstić information content (AvgIpc) is 2.64. The van der Waals surface area contributed by atoms with Crippen molar-refractivity contribution in [3.63, 3.8) is 0 Å². The Hall–Kier alpha value is -2.09. The van der Waals surface area contributed by atoms with Crippen LogP contribution in [-0.4, -0.2) is 42.0 Å². The monoisotopic (exact) mass is 244 g/mol. The van der Waals surface area contributed by atoms with Gasteiger partial charge in [-0.1, -0.05) is 0 Å². The molecule has 1 fully saturated rings. The van der Waals surface area contributed by atoms with Gasteiger partial charge in [-0.05, 0) is 18.6 Å². The minimum atomic E-state index is 0.134. The second-order valence-corrected chi connectivity index (χ2v) is 4.36. The molecule has 18 heavy (non-hydrogen) atoms. The summed E-state index contributed by atoms with van der Waals surface area (Å²) in [7, 11) is 0. The summed E-state index contributed by atoms with van der Waals surface area (Å²) in [5, 5.41) is 8.71.